The van der Waals surface area contributed by atoms with E-state index in [1.807, 2.05) is 6.92 Å². The topological polar surface area (TPSA) is 75.9 Å². The van der Waals surface area contributed by atoms with E-state index in [-0.39, 0.29) is 5.82 Å². The van der Waals surface area contributed by atoms with Crippen molar-refractivity contribution in [2.75, 3.05) is 17.2 Å². The van der Waals surface area contributed by atoms with Gasteiger partial charge in [0.1, 0.15) is 17.4 Å². The standard InChI is InChI=1S/C16H16FN5O/c1-11-10-15(22-23-11)20-14-7-9-19-16(21-14)18-8-6-12-2-4-13(17)5-3-12/h2-5,7,9-10H,6,8H2,1H3,(H2,18,19,20,21,22). The molecule has 2 N–H and O–H groups in total. The van der Waals surface area contributed by atoms with Crippen LogP contribution in [0.15, 0.2) is 47.1 Å². The van der Waals surface area contributed by atoms with E-state index in [0.717, 1.165) is 17.7 Å². The Kier molecular flexibility index (Phi) is 4.46. The zero-order valence-electron chi connectivity index (χ0n) is 12.6. The number of benzene rings is 1. The average molecular weight is 313 g/mol. The van der Waals surface area contributed by atoms with Crippen LogP contribution in [-0.4, -0.2) is 21.7 Å². The molecule has 6 nitrogen and oxygen atoms in total. The highest BCUT2D eigenvalue weighted by Crippen LogP contribution is 2.14. The van der Waals surface area contributed by atoms with Gasteiger partial charge in [0.15, 0.2) is 5.82 Å². The van der Waals surface area contributed by atoms with Gasteiger partial charge in [0.2, 0.25) is 5.95 Å². The van der Waals surface area contributed by atoms with Crippen LogP contribution in [0.5, 0.6) is 0 Å². The maximum absolute atomic E-state index is 12.8. The molecule has 2 heterocycles. The van der Waals surface area contributed by atoms with E-state index in [1.165, 1.54) is 12.1 Å². The molecule has 0 bridgehead atoms. The van der Waals surface area contributed by atoms with Crippen molar-refractivity contribution in [3.8, 4) is 0 Å². The third kappa shape index (κ3) is 4.26. The number of nitrogens with one attached hydrogen (secondary N) is 2. The number of hydrogen-bond donors (Lipinski definition) is 2. The molecule has 0 atom stereocenters. The normalized spacial score (nSPS) is 10.5. The Morgan fingerprint density at radius 2 is 1.96 bits per heavy atom. The first-order valence-electron chi connectivity index (χ1n) is 7.21. The first-order chi connectivity index (χ1) is 11.2. The number of aryl methyl sites for hydroxylation is 1. The van der Waals surface area contributed by atoms with Gasteiger partial charge in [-0.15, -0.1) is 0 Å². The van der Waals surface area contributed by atoms with Gasteiger partial charge in [0.05, 0.1) is 0 Å². The van der Waals surface area contributed by atoms with Crippen molar-refractivity contribution in [1.29, 1.82) is 0 Å². The summed E-state index contributed by atoms with van der Waals surface area (Å²) in [5.74, 6) is 2.22. The van der Waals surface area contributed by atoms with Crippen molar-refractivity contribution in [3.63, 3.8) is 0 Å². The fourth-order valence-corrected chi connectivity index (χ4v) is 2.04. The highest BCUT2D eigenvalue weighted by Gasteiger charge is 2.03. The van der Waals surface area contributed by atoms with Crippen LogP contribution >= 0.6 is 0 Å². The first kappa shape index (κ1) is 15.0. The summed E-state index contributed by atoms with van der Waals surface area (Å²) in [5, 5.41) is 10.0. The van der Waals surface area contributed by atoms with Gasteiger partial charge in [-0.1, -0.05) is 17.3 Å². The van der Waals surface area contributed by atoms with E-state index in [4.69, 9.17) is 4.52 Å². The van der Waals surface area contributed by atoms with E-state index in [1.54, 1.807) is 30.5 Å². The molecule has 0 radical (unpaired) electrons. The molecule has 0 aliphatic heterocycles. The zero-order valence-corrected chi connectivity index (χ0v) is 12.6. The van der Waals surface area contributed by atoms with Crippen molar-refractivity contribution in [1.82, 2.24) is 15.1 Å². The molecule has 23 heavy (non-hydrogen) atoms. The van der Waals surface area contributed by atoms with Gasteiger partial charge in [-0.05, 0) is 37.1 Å². The van der Waals surface area contributed by atoms with Gasteiger partial charge < -0.3 is 15.2 Å². The molecule has 1 aromatic carbocycles. The number of hydrogen-bond acceptors (Lipinski definition) is 6. The lowest BCUT2D eigenvalue weighted by Gasteiger charge is -2.07. The summed E-state index contributed by atoms with van der Waals surface area (Å²) in [6.07, 6.45) is 2.41. The minimum absolute atomic E-state index is 0.230. The predicted molar refractivity (Wildman–Crippen MR) is 85.1 cm³/mol. The predicted octanol–water partition coefficient (Wildman–Crippen LogP) is 3.31. The van der Waals surface area contributed by atoms with E-state index in [2.05, 4.69) is 25.8 Å². The lowest BCUT2D eigenvalue weighted by atomic mass is 10.1. The number of aromatic nitrogens is 3. The average Bonchev–Trinajstić information content (AvgIpc) is 2.95. The molecule has 0 saturated carbocycles. The highest BCUT2D eigenvalue weighted by atomic mass is 19.1. The molecule has 0 aliphatic carbocycles. The Hall–Kier alpha value is -2.96. The molecule has 2 aromatic heterocycles. The molecule has 118 valence electrons. The third-order valence-electron chi connectivity index (χ3n) is 3.15. The second-order valence-corrected chi connectivity index (χ2v) is 5.02. The zero-order chi connectivity index (χ0) is 16.1. The Bertz CT molecular complexity index is 772. The van der Waals surface area contributed by atoms with Gasteiger partial charge in [0.25, 0.3) is 0 Å². The Morgan fingerprint density at radius 3 is 2.70 bits per heavy atom. The largest absolute Gasteiger partial charge is 0.360 e. The van der Waals surface area contributed by atoms with Gasteiger partial charge in [-0.3, -0.25) is 0 Å². The molecular weight excluding hydrogens is 297 g/mol. The summed E-state index contributed by atoms with van der Waals surface area (Å²) in [4.78, 5) is 8.51. The van der Waals surface area contributed by atoms with E-state index in [9.17, 15) is 4.39 Å². The van der Waals surface area contributed by atoms with Crippen LogP contribution in [0.4, 0.5) is 22.0 Å². The molecule has 0 unspecified atom stereocenters. The van der Waals surface area contributed by atoms with Gasteiger partial charge in [0, 0.05) is 18.8 Å². The van der Waals surface area contributed by atoms with Crippen LogP contribution in [0.2, 0.25) is 0 Å². The smallest absolute Gasteiger partial charge is 0.224 e. The van der Waals surface area contributed by atoms with Gasteiger partial charge >= 0.3 is 0 Å². The minimum Gasteiger partial charge on any atom is -0.360 e. The lowest BCUT2D eigenvalue weighted by Crippen LogP contribution is -2.08. The fraction of sp³-hybridized carbons (Fsp3) is 0.188. The van der Waals surface area contributed by atoms with Crippen molar-refractivity contribution in [2.24, 2.45) is 0 Å². The minimum atomic E-state index is -0.230. The summed E-state index contributed by atoms with van der Waals surface area (Å²) in [7, 11) is 0. The summed E-state index contributed by atoms with van der Waals surface area (Å²) in [5.41, 5.74) is 1.05. The van der Waals surface area contributed by atoms with E-state index >= 15 is 0 Å². The van der Waals surface area contributed by atoms with Crippen LogP contribution in [0, 0.1) is 12.7 Å². The van der Waals surface area contributed by atoms with Crippen LogP contribution < -0.4 is 10.6 Å². The number of rotatable bonds is 6. The SMILES string of the molecule is Cc1cc(Nc2ccnc(NCCc3ccc(F)cc3)n2)no1. The fourth-order valence-electron chi connectivity index (χ4n) is 2.04. The molecule has 3 aromatic rings. The van der Waals surface area contributed by atoms with Crippen LogP contribution in [0.1, 0.15) is 11.3 Å². The first-order valence-corrected chi connectivity index (χ1v) is 7.21. The van der Waals surface area contributed by atoms with E-state index < -0.39 is 0 Å². The second kappa shape index (κ2) is 6.87. The maximum Gasteiger partial charge on any atom is 0.224 e. The molecule has 0 fully saturated rings. The van der Waals surface area contributed by atoms with Gasteiger partial charge in [-0.2, -0.15) is 4.98 Å². The van der Waals surface area contributed by atoms with Crippen LogP contribution in [0.25, 0.3) is 0 Å². The molecule has 7 heteroatoms. The molecule has 0 saturated heterocycles. The van der Waals surface area contributed by atoms with Gasteiger partial charge in [-0.25, -0.2) is 9.37 Å². The second-order valence-electron chi connectivity index (χ2n) is 5.02. The molecule has 0 spiro atoms. The van der Waals surface area contributed by atoms with Crippen molar-refractivity contribution >= 4 is 17.6 Å². The Morgan fingerprint density at radius 1 is 1.13 bits per heavy atom. The molecule has 3 rings (SSSR count). The quantitative estimate of drug-likeness (QED) is 0.727. The van der Waals surface area contributed by atoms with Crippen LogP contribution in [-0.2, 0) is 6.42 Å². The third-order valence-corrected chi connectivity index (χ3v) is 3.15. The monoisotopic (exact) mass is 313 g/mol. The molecule has 0 aliphatic rings. The van der Waals surface area contributed by atoms with Crippen molar-refractivity contribution in [3.05, 3.63) is 59.7 Å². The number of halogens is 1. The van der Waals surface area contributed by atoms with Crippen LogP contribution in [0.3, 0.4) is 0 Å². The summed E-state index contributed by atoms with van der Waals surface area (Å²) in [6, 6.07) is 9.97. The van der Waals surface area contributed by atoms with Crippen molar-refractivity contribution < 1.29 is 8.91 Å². The molecule has 0 amide bonds. The number of nitrogens with zero attached hydrogens (tertiary/aromatic N) is 3. The Balaban J connectivity index is 1.56. The summed E-state index contributed by atoms with van der Waals surface area (Å²) < 4.78 is 17.8. The highest BCUT2D eigenvalue weighted by molar-refractivity contribution is 5.52. The molecular formula is C16H16FN5O. The Labute approximate surface area is 132 Å². The maximum atomic E-state index is 12.8. The summed E-state index contributed by atoms with van der Waals surface area (Å²) >= 11 is 0. The van der Waals surface area contributed by atoms with E-state index in [0.29, 0.717) is 24.1 Å². The van der Waals surface area contributed by atoms with Crippen molar-refractivity contribution in [2.45, 2.75) is 13.3 Å². The number of anilines is 3. The summed E-state index contributed by atoms with van der Waals surface area (Å²) in [6.45, 7) is 2.47. The lowest BCUT2D eigenvalue weighted by molar-refractivity contribution is 0.400.